The topological polar surface area (TPSA) is 64.7 Å². The number of nitrogens with zero attached hydrogens (tertiary/aromatic N) is 2. The van der Waals surface area contributed by atoms with Crippen LogP contribution in [0.15, 0.2) is 66.7 Å². The Morgan fingerprint density at radius 3 is 2.14 bits per heavy atom. The first kappa shape index (κ1) is 20.8. The summed E-state index contributed by atoms with van der Waals surface area (Å²) in [6.07, 6.45) is 3.47. The molecule has 0 unspecified atom stereocenters. The molecule has 0 atom stereocenters. The van der Waals surface area contributed by atoms with Gasteiger partial charge in [0.25, 0.3) is 5.91 Å². The minimum Gasteiger partial charge on any atom is -0.300 e. The van der Waals surface area contributed by atoms with Gasteiger partial charge in [0.2, 0.25) is 5.91 Å². The van der Waals surface area contributed by atoms with Crippen molar-refractivity contribution < 1.29 is 9.59 Å². The van der Waals surface area contributed by atoms with Gasteiger partial charge in [-0.05, 0) is 17.2 Å². The fourth-order valence-electron chi connectivity index (χ4n) is 3.24. The molecule has 1 fully saturated rings. The van der Waals surface area contributed by atoms with Gasteiger partial charge in [-0.3, -0.25) is 25.3 Å². The van der Waals surface area contributed by atoms with Crippen molar-refractivity contribution in [2.75, 3.05) is 32.7 Å². The van der Waals surface area contributed by atoms with Crippen LogP contribution in [0.4, 0.5) is 0 Å². The second kappa shape index (κ2) is 11.1. The van der Waals surface area contributed by atoms with Crippen LogP contribution in [0.3, 0.4) is 0 Å². The number of rotatable bonds is 7. The zero-order valence-electron chi connectivity index (χ0n) is 16.6. The Morgan fingerprint density at radius 2 is 1.45 bits per heavy atom. The Labute approximate surface area is 172 Å². The first-order valence-electron chi connectivity index (χ1n) is 9.99. The average molecular weight is 393 g/mol. The highest BCUT2D eigenvalue weighted by Gasteiger charge is 2.17. The van der Waals surface area contributed by atoms with E-state index in [0.717, 1.165) is 38.3 Å². The fraction of sp³-hybridized carbons (Fsp3) is 0.304. The number of benzene rings is 2. The van der Waals surface area contributed by atoms with Crippen LogP contribution in [-0.4, -0.2) is 54.3 Å². The van der Waals surface area contributed by atoms with Gasteiger partial charge in [0.05, 0.1) is 0 Å². The van der Waals surface area contributed by atoms with E-state index in [1.165, 1.54) is 11.6 Å². The molecule has 2 aromatic carbocycles. The van der Waals surface area contributed by atoms with Gasteiger partial charge in [0, 0.05) is 51.8 Å². The second-order valence-corrected chi connectivity index (χ2v) is 7.13. The molecule has 0 saturated carbocycles. The Bertz CT molecular complexity index is 800. The second-order valence-electron chi connectivity index (χ2n) is 7.13. The summed E-state index contributed by atoms with van der Waals surface area (Å²) in [5, 5.41) is 0. The zero-order chi connectivity index (χ0) is 20.3. The Morgan fingerprint density at radius 1 is 0.828 bits per heavy atom. The van der Waals surface area contributed by atoms with Gasteiger partial charge in [0.1, 0.15) is 0 Å². The van der Waals surface area contributed by atoms with E-state index in [4.69, 9.17) is 0 Å². The Balaban J connectivity index is 1.29. The third-order valence-electron chi connectivity index (χ3n) is 4.92. The molecule has 1 saturated heterocycles. The third-order valence-corrected chi connectivity index (χ3v) is 4.92. The molecule has 3 rings (SSSR count). The maximum Gasteiger partial charge on any atom is 0.262 e. The van der Waals surface area contributed by atoms with E-state index in [0.29, 0.717) is 13.0 Å². The molecule has 0 bridgehead atoms. The molecule has 6 heteroatoms. The van der Waals surface area contributed by atoms with Crippen LogP contribution in [0, 0.1) is 0 Å². The Kier molecular flexibility index (Phi) is 7.98. The summed E-state index contributed by atoms with van der Waals surface area (Å²) in [5.41, 5.74) is 7.16. The van der Waals surface area contributed by atoms with Crippen LogP contribution in [-0.2, 0) is 16.1 Å². The molecular formula is C23H28N4O2. The van der Waals surface area contributed by atoms with Gasteiger partial charge in [0.15, 0.2) is 0 Å². The largest absolute Gasteiger partial charge is 0.300 e. The zero-order valence-corrected chi connectivity index (χ0v) is 16.6. The lowest BCUT2D eigenvalue weighted by Crippen LogP contribution is -2.47. The number of carbonyl (C=O) groups is 2. The molecule has 0 radical (unpaired) electrons. The first-order chi connectivity index (χ1) is 14.2. The molecule has 1 aliphatic rings. The summed E-state index contributed by atoms with van der Waals surface area (Å²) in [5.74, 6) is -0.532. The molecular weight excluding hydrogens is 364 g/mol. The lowest BCUT2D eigenvalue weighted by molar-refractivity contribution is -0.127. The standard InChI is InChI=1S/C23H28N4O2/c28-22(12-11-20-7-3-1-4-8-20)24-25-23(29)13-14-26-15-17-27(18-16-26)19-21-9-5-2-6-10-21/h1-12H,13-19H2,(H,24,28)(H,25,29)/b12-11+. The van der Waals surface area contributed by atoms with Crippen LogP contribution in [0.1, 0.15) is 17.5 Å². The highest BCUT2D eigenvalue weighted by molar-refractivity contribution is 5.93. The van der Waals surface area contributed by atoms with Crippen molar-refractivity contribution in [2.24, 2.45) is 0 Å². The highest BCUT2D eigenvalue weighted by Crippen LogP contribution is 2.08. The van der Waals surface area contributed by atoms with Gasteiger partial charge in [-0.15, -0.1) is 0 Å². The van der Waals surface area contributed by atoms with Crippen molar-refractivity contribution in [2.45, 2.75) is 13.0 Å². The molecule has 2 aromatic rings. The summed E-state index contributed by atoms with van der Waals surface area (Å²) >= 11 is 0. The molecule has 0 aliphatic carbocycles. The summed E-state index contributed by atoms with van der Waals surface area (Å²) in [7, 11) is 0. The molecule has 0 spiro atoms. The maximum absolute atomic E-state index is 12.0. The van der Waals surface area contributed by atoms with Crippen molar-refractivity contribution >= 4 is 17.9 Å². The van der Waals surface area contributed by atoms with Crippen LogP contribution < -0.4 is 10.9 Å². The van der Waals surface area contributed by atoms with E-state index in [2.05, 4.69) is 44.9 Å². The van der Waals surface area contributed by atoms with Crippen molar-refractivity contribution in [3.8, 4) is 0 Å². The van der Waals surface area contributed by atoms with Crippen molar-refractivity contribution in [3.05, 3.63) is 77.9 Å². The molecule has 1 aliphatic heterocycles. The number of hydrazine groups is 1. The summed E-state index contributed by atoms with van der Waals surface area (Å²) in [6.45, 7) is 5.56. The molecule has 1 heterocycles. The van der Waals surface area contributed by atoms with Crippen molar-refractivity contribution in [3.63, 3.8) is 0 Å². The summed E-state index contributed by atoms with van der Waals surface area (Å²) in [6, 6.07) is 20.0. The quantitative estimate of drug-likeness (QED) is 0.559. The van der Waals surface area contributed by atoms with Crippen molar-refractivity contribution in [1.82, 2.24) is 20.7 Å². The van der Waals surface area contributed by atoms with E-state index in [1.807, 2.05) is 36.4 Å². The van der Waals surface area contributed by atoms with Gasteiger partial charge in [-0.2, -0.15) is 0 Å². The predicted octanol–water partition coefficient (Wildman–Crippen LogP) is 2.06. The molecule has 2 amide bonds. The monoisotopic (exact) mass is 392 g/mol. The molecule has 152 valence electrons. The first-order valence-corrected chi connectivity index (χ1v) is 9.99. The van der Waals surface area contributed by atoms with Gasteiger partial charge in [-0.25, -0.2) is 0 Å². The van der Waals surface area contributed by atoms with Crippen molar-refractivity contribution in [1.29, 1.82) is 0 Å². The SMILES string of the molecule is O=C(/C=C/c1ccccc1)NNC(=O)CCN1CCN(Cc2ccccc2)CC1. The normalized spacial score (nSPS) is 15.3. The number of hydrogen-bond acceptors (Lipinski definition) is 4. The summed E-state index contributed by atoms with van der Waals surface area (Å²) < 4.78 is 0. The molecule has 29 heavy (non-hydrogen) atoms. The van der Waals surface area contributed by atoms with E-state index in [9.17, 15) is 9.59 Å². The minimum absolute atomic E-state index is 0.182. The van der Waals surface area contributed by atoms with E-state index in [1.54, 1.807) is 6.08 Å². The number of carbonyl (C=O) groups excluding carboxylic acids is 2. The van der Waals surface area contributed by atoms with Crippen LogP contribution in [0.5, 0.6) is 0 Å². The van der Waals surface area contributed by atoms with Crippen LogP contribution in [0.25, 0.3) is 6.08 Å². The Hall–Kier alpha value is -2.96. The van der Waals surface area contributed by atoms with E-state index < -0.39 is 0 Å². The molecule has 2 N–H and O–H groups in total. The number of nitrogens with one attached hydrogen (secondary N) is 2. The van der Waals surface area contributed by atoms with Crippen LogP contribution in [0.2, 0.25) is 0 Å². The van der Waals surface area contributed by atoms with Gasteiger partial charge < -0.3 is 4.90 Å². The smallest absolute Gasteiger partial charge is 0.262 e. The third kappa shape index (κ3) is 7.52. The molecule has 0 aromatic heterocycles. The number of hydrogen-bond donors (Lipinski definition) is 2. The predicted molar refractivity (Wildman–Crippen MR) is 115 cm³/mol. The average Bonchev–Trinajstić information content (AvgIpc) is 2.77. The van der Waals surface area contributed by atoms with Gasteiger partial charge >= 0.3 is 0 Å². The number of amides is 2. The molecule has 6 nitrogen and oxygen atoms in total. The van der Waals surface area contributed by atoms with Gasteiger partial charge in [-0.1, -0.05) is 60.7 Å². The maximum atomic E-state index is 12.0. The van der Waals surface area contributed by atoms with E-state index >= 15 is 0 Å². The minimum atomic E-state index is -0.350. The highest BCUT2D eigenvalue weighted by atomic mass is 16.2. The lowest BCUT2D eigenvalue weighted by atomic mass is 10.2. The fourth-order valence-corrected chi connectivity index (χ4v) is 3.24. The van der Waals surface area contributed by atoms with Crippen LogP contribution >= 0.6 is 0 Å². The summed E-state index contributed by atoms with van der Waals surface area (Å²) in [4.78, 5) is 28.5. The lowest BCUT2D eigenvalue weighted by Gasteiger charge is -2.34. The van der Waals surface area contributed by atoms with E-state index in [-0.39, 0.29) is 11.8 Å². The number of piperazine rings is 1.